The van der Waals surface area contributed by atoms with E-state index >= 15 is 0 Å². The molecule has 0 amide bonds. The van der Waals surface area contributed by atoms with Crippen LogP contribution in [0.5, 0.6) is 0 Å². The van der Waals surface area contributed by atoms with Gasteiger partial charge in [-0.1, -0.05) is 182 Å². The number of aliphatic hydroxyl groups excluding tert-OH is 2. The number of aliphatic hydroxyl groups is 2. The monoisotopic (exact) mass is 882 g/mol. The van der Waals surface area contributed by atoms with E-state index in [1.807, 2.05) is 182 Å². The largest absolute Gasteiger partial charge is 0.387 e. The Labute approximate surface area is 381 Å². The predicted octanol–water partition coefficient (Wildman–Crippen LogP) is 7.95. The van der Waals surface area contributed by atoms with Crippen LogP contribution in [0.3, 0.4) is 0 Å². The third-order valence-corrected chi connectivity index (χ3v) is 11.5. The number of benzene rings is 6. The quantitative estimate of drug-likeness (QED) is 0.0652. The third kappa shape index (κ3) is 13.0. The van der Waals surface area contributed by atoms with Gasteiger partial charge in [0.1, 0.15) is 49.3 Å². The summed E-state index contributed by atoms with van der Waals surface area (Å²) in [6.07, 6.45) is -8.56. The Hall–Kier alpha value is -5.12. The van der Waals surface area contributed by atoms with Crippen molar-refractivity contribution in [2.24, 2.45) is 0 Å². The maximum absolute atomic E-state index is 12.1. The number of hydrogen-bond acceptors (Lipinski definition) is 11. The Morgan fingerprint density at radius 1 is 0.400 bits per heavy atom. The minimum absolute atomic E-state index is 0.0372. The summed E-state index contributed by atoms with van der Waals surface area (Å²) in [7, 11) is 0. The molecule has 8 rings (SSSR count). The van der Waals surface area contributed by atoms with Crippen LogP contribution in [0.25, 0.3) is 0 Å². The van der Waals surface area contributed by atoms with E-state index in [2.05, 4.69) is 0 Å². The molecule has 340 valence electrons. The van der Waals surface area contributed by atoms with Crippen molar-refractivity contribution in [1.29, 1.82) is 0 Å². The van der Waals surface area contributed by atoms with Gasteiger partial charge >= 0.3 is 0 Å². The highest BCUT2D eigenvalue weighted by Crippen LogP contribution is 2.39. The minimum atomic E-state index is -1.95. The zero-order chi connectivity index (χ0) is 44.5. The minimum Gasteiger partial charge on any atom is -0.387 e. The molecule has 0 spiro atoms. The summed E-state index contributed by atoms with van der Waals surface area (Å²) in [4.78, 5) is 0. The molecule has 0 aliphatic carbocycles. The van der Waals surface area contributed by atoms with E-state index in [1.54, 1.807) is 0 Å². The molecule has 2 saturated heterocycles. The second-order valence-electron chi connectivity index (χ2n) is 16.3. The van der Waals surface area contributed by atoms with Crippen LogP contribution in [0.15, 0.2) is 182 Å². The Morgan fingerprint density at radius 2 is 0.754 bits per heavy atom. The highest BCUT2D eigenvalue weighted by Gasteiger charge is 2.60. The van der Waals surface area contributed by atoms with Gasteiger partial charge in [-0.05, 0) is 33.4 Å². The average molecular weight is 883 g/mol. The fourth-order valence-electron chi connectivity index (χ4n) is 8.03. The molecular weight excluding hydrogens is 825 g/mol. The molecule has 2 N–H and O–H groups in total. The Balaban J connectivity index is 1.13. The van der Waals surface area contributed by atoms with Gasteiger partial charge in [-0.25, -0.2) is 0 Å². The van der Waals surface area contributed by atoms with Crippen molar-refractivity contribution in [2.75, 3.05) is 19.8 Å². The van der Waals surface area contributed by atoms with Crippen LogP contribution in [0.4, 0.5) is 0 Å². The Kier molecular flexibility index (Phi) is 17.1. The number of rotatable bonds is 23. The van der Waals surface area contributed by atoms with Crippen LogP contribution in [-0.4, -0.2) is 84.8 Å². The van der Waals surface area contributed by atoms with Crippen molar-refractivity contribution in [2.45, 2.75) is 94.4 Å². The first kappa shape index (κ1) is 46.4. The van der Waals surface area contributed by atoms with Crippen LogP contribution in [-0.2, 0) is 82.3 Å². The SMILES string of the molecule is O[C@H]1[C@@H](O)[C@](COCc2ccccc2)(O[C@H]2O[C@H](COCc3ccccc3)[C@H](OCc3ccccc3)[C@H](OCc3ccccc3)[C@H]2OCc2ccccc2)O[C@@H]1COCc1ccccc1. The highest BCUT2D eigenvalue weighted by atomic mass is 16.8. The number of hydrogen-bond donors (Lipinski definition) is 2. The van der Waals surface area contributed by atoms with E-state index in [0.717, 1.165) is 33.4 Å². The van der Waals surface area contributed by atoms with Crippen molar-refractivity contribution in [1.82, 2.24) is 0 Å². The topological polar surface area (TPSA) is 124 Å². The van der Waals surface area contributed by atoms with Crippen molar-refractivity contribution in [3.63, 3.8) is 0 Å². The molecule has 2 aliphatic rings. The summed E-state index contributed by atoms with van der Waals surface area (Å²) in [5.74, 6) is -1.95. The van der Waals surface area contributed by atoms with Gasteiger partial charge in [-0.2, -0.15) is 0 Å². The second kappa shape index (κ2) is 23.9. The van der Waals surface area contributed by atoms with E-state index in [9.17, 15) is 10.2 Å². The van der Waals surface area contributed by atoms with E-state index in [-0.39, 0.29) is 52.9 Å². The summed E-state index contributed by atoms with van der Waals surface area (Å²) >= 11 is 0. The molecule has 6 aromatic rings. The van der Waals surface area contributed by atoms with Crippen LogP contribution in [0.1, 0.15) is 33.4 Å². The Morgan fingerprint density at radius 3 is 1.18 bits per heavy atom. The molecule has 6 aromatic carbocycles. The molecule has 65 heavy (non-hydrogen) atoms. The molecule has 0 saturated carbocycles. The van der Waals surface area contributed by atoms with Gasteiger partial charge in [0.25, 0.3) is 0 Å². The molecule has 2 fully saturated rings. The lowest BCUT2D eigenvalue weighted by Gasteiger charge is -2.48. The Bertz CT molecular complexity index is 2220. The third-order valence-electron chi connectivity index (χ3n) is 11.5. The summed E-state index contributed by atoms with van der Waals surface area (Å²) in [5, 5.41) is 23.8. The van der Waals surface area contributed by atoms with E-state index < -0.39 is 54.8 Å². The van der Waals surface area contributed by atoms with Gasteiger partial charge in [0.05, 0.1) is 52.9 Å². The zero-order valence-corrected chi connectivity index (χ0v) is 36.4. The summed E-state index contributed by atoms with van der Waals surface area (Å²) in [5.41, 5.74) is 5.66. The van der Waals surface area contributed by atoms with Crippen molar-refractivity contribution < 1.29 is 52.8 Å². The lowest BCUT2D eigenvalue weighted by atomic mass is 9.97. The maximum Gasteiger partial charge on any atom is 0.224 e. The van der Waals surface area contributed by atoms with E-state index in [1.165, 1.54) is 0 Å². The first-order valence-electron chi connectivity index (χ1n) is 22.2. The molecule has 11 heteroatoms. The van der Waals surface area contributed by atoms with Crippen LogP contribution >= 0.6 is 0 Å². The van der Waals surface area contributed by atoms with E-state index in [0.29, 0.717) is 6.61 Å². The van der Waals surface area contributed by atoms with Crippen molar-refractivity contribution >= 4 is 0 Å². The second-order valence-corrected chi connectivity index (χ2v) is 16.3. The fraction of sp³-hybridized carbons (Fsp3) is 0.333. The van der Waals surface area contributed by atoms with Crippen LogP contribution < -0.4 is 0 Å². The van der Waals surface area contributed by atoms with Gasteiger partial charge in [-0.3, -0.25) is 0 Å². The highest BCUT2D eigenvalue weighted by molar-refractivity contribution is 5.18. The first-order chi connectivity index (χ1) is 32.0. The molecule has 2 heterocycles. The normalized spacial score (nSPS) is 25.4. The molecule has 0 unspecified atom stereocenters. The van der Waals surface area contributed by atoms with Gasteiger partial charge in [0.15, 0.2) is 6.29 Å². The zero-order valence-electron chi connectivity index (χ0n) is 36.4. The smallest absolute Gasteiger partial charge is 0.224 e. The predicted molar refractivity (Wildman–Crippen MR) is 243 cm³/mol. The van der Waals surface area contributed by atoms with Crippen molar-refractivity contribution in [3.8, 4) is 0 Å². The number of ether oxygens (including phenoxy) is 9. The first-order valence-corrected chi connectivity index (χ1v) is 22.2. The molecule has 0 radical (unpaired) electrons. The van der Waals surface area contributed by atoms with Crippen LogP contribution in [0, 0.1) is 0 Å². The standard InChI is InChI=1S/C54H58O11/c55-48-46(37-57-31-40-19-7-1-8-20-40)64-54(52(48)56,39-59-33-42-23-11-3-12-24-42)65-53-51(62-36-45-29-17-6-18-30-45)50(61-35-44-27-15-5-16-28-44)49(60-34-43-25-13-4-14-26-43)47(63-53)38-58-32-41-21-9-2-10-22-41/h1-30,46-53,55-56H,31-39H2/t46-,47-,48-,49+,50+,51-,52-,53-,54+/m1/s1. The summed E-state index contributed by atoms with van der Waals surface area (Å²) in [6.45, 7) is 1.18. The van der Waals surface area contributed by atoms with Crippen molar-refractivity contribution in [3.05, 3.63) is 215 Å². The molecule has 9 atom stereocenters. The molecule has 0 aromatic heterocycles. The molecule has 11 nitrogen and oxygen atoms in total. The fourth-order valence-corrected chi connectivity index (χ4v) is 8.03. The molecule has 2 aliphatic heterocycles. The average Bonchev–Trinajstić information content (AvgIpc) is 3.58. The van der Waals surface area contributed by atoms with E-state index in [4.69, 9.17) is 42.6 Å². The lowest BCUT2D eigenvalue weighted by molar-refractivity contribution is -0.396. The van der Waals surface area contributed by atoms with Crippen LogP contribution in [0.2, 0.25) is 0 Å². The summed E-state index contributed by atoms with van der Waals surface area (Å²) in [6, 6.07) is 58.8. The van der Waals surface area contributed by atoms with Gasteiger partial charge in [-0.15, -0.1) is 0 Å². The molecular formula is C54H58O11. The maximum atomic E-state index is 12.1. The van der Waals surface area contributed by atoms with Gasteiger partial charge in [0, 0.05) is 0 Å². The molecule has 0 bridgehead atoms. The summed E-state index contributed by atoms with van der Waals surface area (Å²) < 4.78 is 60.0. The van der Waals surface area contributed by atoms with Gasteiger partial charge in [0.2, 0.25) is 5.79 Å². The lowest BCUT2D eigenvalue weighted by Crippen LogP contribution is -2.64. The van der Waals surface area contributed by atoms with Gasteiger partial charge < -0.3 is 52.8 Å².